The minimum Gasteiger partial charge on any atom is -0.365 e. The third-order valence-electron chi connectivity index (χ3n) is 1.45. The lowest BCUT2D eigenvalue weighted by Gasteiger charge is -1.86. The smallest absolute Gasteiger partial charge is 0.256 e. The van der Waals surface area contributed by atoms with Gasteiger partial charge in [0.05, 0.1) is 0 Å². The van der Waals surface area contributed by atoms with Crippen LogP contribution < -0.4 is 16.6 Å². The lowest BCUT2D eigenvalue weighted by atomic mass is 10.2. The number of nitrogens with two attached hydrogens (primary N) is 2. The Morgan fingerprint density at radius 3 is 2.57 bits per heavy atom. The molecule has 0 unspecified atom stereocenters. The number of nitrogens with one attached hydrogen (secondary N) is 1. The molecule has 0 aromatic heterocycles. The van der Waals surface area contributed by atoms with Crippen LogP contribution in [0.3, 0.4) is 0 Å². The third kappa shape index (κ3) is 4.06. The summed E-state index contributed by atoms with van der Waals surface area (Å²) in [7, 11) is 0. The number of nitrogens with zero attached hydrogens (tertiary/aromatic N) is 1. The minimum atomic E-state index is 0.00867. The molecule has 14 heavy (non-hydrogen) atoms. The van der Waals surface area contributed by atoms with Gasteiger partial charge >= 0.3 is 0 Å². The standard InChI is InChI=1S/C10H12N4/c11-10(12)14-13-8-4-7-9-5-2-1-3-6-9/h1-8H,(H4,11,12,14)/p+1/b7-4+,13-8-. The van der Waals surface area contributed by atoms with E-state index < -0.39 is 0 Å². The number of guanidine groups is 1. The van der Waals surface area contributed by atoms with Crippen LogP contribution in [0.2, 0.25) is 0 Å². The molecule has 5 N–H and O–H groups in total. The Hall–Kier alpha value is -2.10. The number of hydrogen-bond acceptors (Lipinski definition) is 1. The molecule has 0 fully saturated rings. The molecule has 4 heteroatoms. The van der Waals surface area contributed by atoms with Gasteiger partial charge in [-0.2, -0.15) is 0 Å². The molecule has 0 aliphatic heterocycles. The summed E-state index contributed by atoms with van der Waals surface area (Å²) in [4.78, 5) is 0. The van der Waals surface area contributed by atoms with Crippen molar-refractivity contribution < 1.29 is 5.10 Å². The largest absolute Gasteiger partial charge is 0.365 e. The predicted molar refractivity (Wildman–Crippen MR) is 58.3 cm³/mol. The lowest BCUT2D eigenvalue weighted by molar-refractivity contribution is -0.456. The maximum absolute atomic E-state index is 5.11. The Bertz CT molecular complexity index is 348. The van der Waals surface area contributed by atoms with Crippen LogP contribution in [0.5, 0.6) is 0 Å². The van der Waals surface area contributed by atoms with Gasteiger partial charge in [-0.3, -0.25) is 0 Å². The topological polar surface area (TPSA) is 78.4 Å². The summed E-state index contributed by atoms with van der Waals surface area (Å²) in [6.07, 6.45) is 5.41. The summed E-state index contributed by atoms with van der Waals surface area (Å²) in [6.45, 7) is 0. The molecular formula is C10H13N4+. The molecule has 72 valence electrons. The molecule has 4 nitrogen and oxygen atoms in total. The molecule has 1 aromatic rings. The van der Waals surface area contributed by atoms with Crippen molar-refractivity contribution in [3.8, 4) is 0 Å². The van der Waals surface area contributed by atoms with Crippen LogP contribution in [0.1, 0.15) is 5.56 Å². The van der Waals surface area contributed by atoms with Crippen molar-refractivity contribution in [2.75, 3.05) is 0 Å². The van der Waals surface area contributed by atoms with Crippen LogP contribution in [-0.4, -0.2) is 12.2 Å². The fourth-order valence-electron chi connectivity index (χ4n) is 0.878. The average molecular weight is 189 g/mol. The van der Waals surface area contributed by atoms with E-state index in [1.54, 1.807) is 6.21 Å². The highest BCUT2D eigenvalue weighted by molar-refractivity contribution is 5.76. The molecule has 1 aromatic carbocycles. The average Bonchev–Trinajstić information content (AvgIpc) is 2.18. The molecule has 0 bridgehead atoms. The van der Waals surface area contributed by atoms with E-state index in [1.165, 1.54) is 0 Å². The summed E-state index contributed by atoms with van der Waals surface area (Å²) < 4.78 is 0. The van der Waals surface area contributed by atoms with E-state index in [0.717, 1.165) is 5.56 Å². The van der Waals surface area contributed by atoms with E-state index >= 15 is 0 Å². The first-order valence-corrected chi connectivity index (χ1v) is 4.18. The Kier molecular flexibility index (Phi) is 3.94. The molecule has 1 rings (SSSR count). The maximum atomic E-state index is 5.11. The summed E-state index contributed by atoms with van der Waals surface area (Å²) in [6, 6.07) is 9.93. The number of hydrogen-bond donors (Lipinski definition) is 3. The van der Waals surface area contributed by atoms with Gasteiger partial charge in [0.1, 0.15) is 0 Å². The Morgan fingerprint density at radius 2 is 1.93 bits per heavy atom. The van der Waals surface area contributed by atoms with Crippen LogP contribution in [0.25, 0.3) is 6.08 Å². The molecule has 0 saturated heterocycles. The van der Waals surface area contributed by atoms with Crippen molar-refractivity contribution in [3.05, 3.63) is 42.0 Å². The highest BCUT2D eigenvalue weighted by atomic mass is 15.3. The molecule has 0 atom stereocenters. The van der Waals surface area contributed by atoms with E-state index in [-0.39, 0.29) is 5.96 Å². The molecule has 0 spiro atoms. The van der Waals surface area contributed by atoms with Crippen molar-refractivity contribution in [3.63, 3.8) is 0 Å². The van der Waals surface area contributed by atoms with Gasteiger partial charge in [0.15, 0.2) is 6.21 Å². The van der Waals surface area contributed by atoms with Crippen molar-refractivity contribution in [1.29, 1.82) is 0 Å². The van der Waals surface area contributed by atoms with Gasteiger partial charge in [0.25, 0.3) is 5.96 Å². The van der Waals surface area contributed by atoms with Crippen molar-refractivity contribution >= 4 is 18.3 Å². The third-order valence-corrected chi connectivity index (χ3v) is 1.45. The summed E-state index contributed by atoms with van der Waals surface area (Å²) in [5, 5.41) is 6.15. The zero-order chi connectivity index (χ0) is 10.2. The molecular weight excluding hydrogens is 176 g/mol. The number of rotatable bonds is 3. The summed E-state index contributed by atoms with van der Waals surface area (Å²) in [5.41, 5.74) is 11.3. The zero-order valence-corrected chi connectivity index (χ0v) is 7.72. The van der Waals surface area contributed by atoms with Gasteiger partial charge in [-0.25, -0.2) is 0 Å². The number of hydrazone groups is 1. The van der Waals surface area contributed by atoms with Gasteiger partial charge in [-0.15, -0.1) is 5.10 Å². The van der Waals surface area contributed by atoms with Gasteiger partial charge in [-0.1, -0.05) is 30.3 Å². The van der Waals surface area contributed by atoms with Crippen LogP contribution in [0.4, 0.5) is 0 Å². The fourth-order valence-corrected chi connectivity index (χ4v) is 0.878. The number of allylic oxidation sites excluding steroid dienone is 1. The van der Waals surface area contributed by atoms with Gasteiger partial charge in [-0.05, 0) is 11.6 Å². The van der Waals surface area contributed by atoms with E-state index in [1.807, 2.05) is 42.5 Å². The molecule has 0 radical (unpaired) electrons. The second kappa shape index (κ2) is 5.53. The SMILES string of the molecule is NC(N)=N/[NH+]=C\C=C\c1ccccc1. The van der Waals surface area contributed by atoms with Crippen LogP contribution >= 0.6 is 0 Å². The quantitative estimate of drug-likeness (QED) is 0.325. The van der Waals surface area contributed by atoms with Gasteiger partial charge < -0.3 is 11.5 Å². The first-order valence-electron chi connectivity index (χ1n) is 4.18. The second-order valence-electron chi connectivity index (χ2n) is 2.60. The predicted octanol–water partition coefficient (Wildman–Crippen LogP) is -0.960. The molecule has 0 saturated carbocycles. The van der Waals surface area contributed by atoms with E-state index in [4.69, 9.17) is 11.5 Å². The first-order chi connectivity index (χ1) is 6.79. The van der Waals surface area contributed by atoms with Crippen molar-refractivity contribution in [2.24, 2.45) is 16.6 Å². The minimum absolute atomic E-state index is 0.00867. The molecule has 0 amide bonds. The molecule has 0 heterocycles. The fraction of sp³-hybridized carbons (Fsp3) is 0. The Labute approximate surface area is 82.6 Å². The molecule has 0 aliphatic carbocycles. The van der Waals surface area contributed by atoms with Crippen LogP contribution in [-0.2, 0) is 0 Å². The Morgan fingerprint density at radius 1 is 1.21 bits per heavy atom. The molecule has 0 aliphatic rings. The van der Waals surface area contributed by atoms with E-state index in [2.05, 4.69) is 10.2 Å². The highest BCUT2D eigenvalue weighted by Crippen LogP contribution is 1.99. The zero-order valence-electron chi connectivity index (χ0n) is 7.72. The van der Waals surface area contributed by atoms with Crippen LogP contribution in [0, 0.1) is 0 Å². The summed E-state index contributed by atoms with van der Waals surface area (Å²) >= 11 is 0. The van der Waals surface area contributed by atoms with E-state index in [0.29, 0.717) is 0 Å². The summed E-state index contributed by atoms with van der Waals surface area (Å²) in [5.74, 6) is 0.00867. The first kappa shape index (κ1) is 9.98. The van der Waals surface area contributed by atoms with Crippen molar-refractivity contribution in [2.45, 2.75) is 0 Å². The van der Waals surface area contributed by atoms with Crippen LogP contribution in [0.15, 0.2) is 41.5 Å². The van der Waals surface area contributed by atoms with Gasteiger partial charge in [0, 0.05) is 11.2 Å². The van der Waals surface area contributed by atoms with E-state index in [9.17, 15) is 0 Å². The number of benzene rings is 1. The monoisotopic (exact) mass is 189 g/mol. The Balaban J connectivity index is 2.50. The second-order valence-corrected chi connectivity index (χ2v) is 2.60. The highest BCUT2D eigenvalue weighted by Gasteiger charge is 1.82. The van der Waals surface area contributed by atoms with Crippen molar-refractivity contribution in [1.82, 2.24) is 0 Å². The van der Waals surface area contributed by atoms with Gasteiger partial charge in [0.2, 0.25) is 0 Å². The lowest BCUT2D eigenvalue weighted by Crippen LogP contribution is -2.63. The maximum Gasteiger partial charge on any atom is 0.256 e. The normalized spacial score (nSPS) is 10.9.